The first-order chi connectivity index (χ1) is 8.45. The standard InChI is InChI=1S/C13H20O5/c1-5-13(8-16-4,18-12(15)9(2)3)10-6-7-11(14)17-10/h10H,2,5-8H2,1,3-4H3. The first-order valence-electron chi connectivity index (χ1n) is 6.02. The predicted molar refractivity (Wildman–Crippen MR) is 64.9 cm³/mol. The highest BCUT2D eigenvalue weighted by Crippen LogP contribution is 2.32. The first kappa shape index (κ1) is 14.7. The summed E-state index contributed by atoms with van der Waals surface area (Å²) in [5.74, 6) is -0.753. The lowest BCUT2D eigenvalue weighted by Gasteiger charge is -2.35. The molecule has 1 heterocycles. The molecule has 1 fully saturated rings. The van der Waals surface area contributed by atoms with Crippen LogP contribution in [0.5, 0.6) is 0 Å². The minimum atomic E-state index is -0.920. The highest BCUT2D eigenvalue weighted by atomic mass is 16.6. The van der Waals surface area contributed by atoms with Gasteiger partial charge in [0, 0.05) is 19.1 Å². The van der Waals surface area contributed by atoms with Gasteiger partial charge in [-0.25, -0.2) is 4.79 Å². The number of carbonyl (C=O) groups is 2. The van der Waals surface area contributed by atoms with E-state index in [1.807, 2.05) is 6.92 Å². The third-order valence-electron chi connectivity index (χ3n) is 3.10. The summed E-state index contributed by atoms with van der Waals surface area (Å²) < 4.78 is 15.8. The largest absolute Gasteiger partial charge is 0.458 e. The predicted octanol–water partition coefficient (Wildman–Crippen LogP) is 1.61. The molecule has 5 heteroatoms. The quantitative estimate of drug-likeness (QED) is 0.533. The Kier molecular flexibility index (Phi) is 4.90. The fourth-order valence-electron chi connectivity index (χ4n) is 2.00. The normalized spacial score (nSPS) is 22.2. The Bertz CT molecular complexity index is 349. The second-order valence-electron chi connectivity index (χ2n) is 4.54. The molecule has 0 radical (unpaired) electrons. The highest BCUT2D eigenvalue weighted by molar-refractivity contribution is 5.87. The molecule has 0 aromatic carbocycles. The molecule has 1 aliphatic heterocycles. The van der Waals surface area contributed by atoms with Gasteiger partial charge in [-0.3, -0.25) is 4.79 Å². The minimum absolute atomic E-state index is 0.195. The van der Waals surface area contributed by atoms with Gasteiger partial charge in [-0.2, -0.15) is 0 Å². The third-order valence-corrected chi connectivity index (χ3v) is 3.10. The molecule has 2 atom stereocenters. The summed E-state index contributed by atoms with van der Waals surface area (Å²) in [6.07, 6.45) is 0.955. The fourth-order valence-corrected chi connectivity index (χ4v) is 2.00. The zero-order valence-corrected chi connectivity index (χ0v) is 11.2. The molecule has 0 amide bonds. The van der Waals surface area contributed by atoms with E-state index in [-0.39, 0.29) is 12.6 Å². The van der Waals surface area contributed by atoms with E-state index in [9.17, 15) is 9.59 Å². The van der Waals surface area contributed by atoms with Gasteiger partial charge in [0.25, 0.3) is 0 Å². The molecular formula is C13H20O5. The second-order valence-corrected chi connectivity index (χ2v) is 4.54. The molecule has 0 spiro atoms. The van der Waals surface area contributed by atoms with Gasteiger partial charge < -0.3 is 14.2 Å². The summed E-state index contributed by atoms with van der Waals surface area (Å²) in [7, 11) is 1.52. The summed E-state index contributed by atoms with van der Waals surface area (Å²) in [4.78, 5) is 22.9. The lowest BCUT2D eigenvalue weighted by Crippen LogP contribution is -2.49. The third kappa shape index (κ3) is 3.10. The monoisotopic (exact) mass is 256 g/mol. The van der Waals surface area contributed by atoms with Crippen LogP contribution in [0.1, 0.15) is 33.1 Å². The maximum atomic E-state index is 11.7. The maximum Gasteiger partial charge on any atom is 0.333 e. The van der Waals surface area contributed by atoms with Gasteiger partial charge in [0.1, 0.15) is 6.10 Å². The van der Waals surface area contributed by atoms with E-state index in [1.165, 1.54) is 7.11 Å². The van der Waals surface area contributed by atoms with E-state index in [0.717, 1.165) is 0 Å². The zero-order valence-electron chi connectivity index (χ0n) is 11.2. The second kappa shape index (κ2) is 6.00. The molecule has 18 heavy (non-hydrogen) atoms. The average molecular weight is 256 g/mol. The van der Waals surface area contributed by atoms with E-state index < -0.39 is 17.7 Å². The number of esters is 2. The van der Waals surface area contributed by atoms with Crippen LogP contribution in [0.4, 0.5) is 0 Å². The van der Waals surface area contributed by atoms with E-state index >= 15 is 0 Å². The molecule has 1 saturated heterocycles. The number of cyclic esters (lactones) is 1. The van der Waals surface area contributed by atoms with Crippen molar-refractivity contribution in [1.29, 1.82) is 0 Å². The summed E-state index contributed by atoms with van der Waals surface area (Å²) in [5.41, 5.74) is -0.607. The summed E-state index contributed by atoms with van der Waals surface area (Å²) in [6.45, 7) is 7.20. The molecule has 0 aromatic heterocycles. The molecule has 0 aromatic rings. The van der Waals surface area contributed by atoms with Gasteiger partial charge in [0.05, 0.1) is 6.61 Å². The summed E-state index contributed by atoms with van der Waals surface area (Å²) in [6, 6.07) is 0. The number of rotatable bonds is 6. The van der Waals surface area contributed by atoms with Crippen LogP contribution in [-0.4, -0.2) is 37.4 Å². The molecule has 102 valence electrons. The van der Waals surface area contributed by atoms with Crippen LogP contribution in [0.15, 0.2) is 12.2 Å². The number of hydrogen-bond donors (Lipinski definition) is 0. The Labute approximate surface area is 107 Å². The Morgan fingerprint density at radius 1 is 1.61 bits per heavy atom. The number of hydrogen-bond acceptors (Lipinski definition) is 5. The van der Waals surface area contributed by atoms with Crippen LogP contribution < -0.4 is 0 Å². The molecule has 5 nitrogen and oxygen atoms in total. The molecule has 0 saturated carbocycles. The Morgan fingerprint density at radius 3 is 2.67 bits per heavy atom. The van der Waals surface area contributed by atoms with Crippen LogP contribution in [0.2, 0.25) is 0 Å². The van der Waals surface area contributed by atoms with Crippen molar-refractivity contribution in [2.45, 2.75) is 44.8 Å². The van der Waals surface area contributed by atoms with Gasteiger partial charge in [-0.05, 0) is 19.8 Å². The van der Waals surface area contributed by atoms with Gasteiger partial charge in [0.15, 0.2) is 5.60 Å². The SMILES string of the molecule is C=C(C)C(=O)OC(CC)(COC)C1CCC(=O)O1. The van der Waals surface area contributed by atoms with Crippen LogP contribution >= 0.6 is 0 Å². The highest BCUT2D eigenvalue weighted by Gasteiger charge is 2.46. The van der Waals surface area contributed by atoms with Crippen molar-refractivity contribution in [2.75, 3.05) is 13.7 Å². The minimum Gasteiger partial charge on any atom is -0.458 e. The van der Waals surface area contributed by atoms with Crippen LogP contribution in [-0.2, 0) is 23.8 Å². The van der Waals surface area contributed by atoms with Crippen molar-refractivity contribution < 1.29 is 23.8 Å². The summed E-state index contributed by atoms with van der Waals surface area (Å²) in [5, 5.41) is 0. The number of carbonyl (C=O) groups excluding carboxylic acids is 2. The Morgan fingerprint density at radius 2 is 2.28 bits per heavy atom. The topological polar surface area (TPSA) is 61.8 Å². The fraction of sp³-hybridized carbons (Fsp3) is 0.692. The van der Waals surface area contributed by atoms with Crippen molar-refractivity contribution in [3.05, 3.63) is 12.2 Å². The number of ether oxygens (including phenoxy) is 3. The van der Waals surface area contributed by atoms with E-state index in [0.29, 0.717) is 24.8 Å². The molecule has 1 rings (SSSR count). The summed E-state index contributed by atoms with van der Waals surface area (Å²) >= 11 is 0. The van der Waals surface area contributed by atoms with Gasteiger partial charge in [0.2, 0.25) is 0 Å². The average Bonchev–Trinajstić information content (AvgIpc) is 2.75. The van der Waals surface area contributed by atoms with Gasteiger partial charge in [-0.1, -0.05) is 13.5 Å². The first-order valence-corrected chi connectivity index (χ1v) is 6.02. The van der Waals surface area contributed by atoms with Crippen molar-refractivity contribution in [3.8, 4) is 0 Å². The van der Waals surface area contributed by atoms with Crippen LogP contribution in [0.25, 0.3) is 0 Å². The smallest absolute Gasteiger partial charge is 0.333 e. The maximum absolute atomic E-state index is 11.7. The van der Waals surface area contributed by atoms with E-state index in [1.54, 1.807) is 6.92 Å². The molecular weight excluding hydrogens is 236 g/mol. The Hall–Kier alpha value is -1.36. The van der Waals surface area contributed by atoms with Crippen molar-refractivity contribution in [3.63, 3.8) is 0 Å². The lowest BCUT2D eigenvalue weighted by molar-refractivity contribution is -0.185. The van der Waals surface area contributed by atoms with Crippen LogP contribution in [0.3, 0.4) is 0 Å². The van der Waals surface area contributed by atoms with E-state index in [2.05, 4.69) is 6.58 Å². The van der Waals surface area contributed by atoms with E-state index in [4.69, 9.17) is 14.2 Å². The van der Waals surface area contributed by atoms with Gasteiger partial charge in [-0.15, -0.1) is 0 Å². The Balaban J connectivity index is 2.89. The molecule has 1 aliphatic rings. The van der Waals surface area contributed by atoms with Crippen LogP contribution in [0, 0.1) is 0 Å². The van der Waals surface area contributed by atoms with Gasteiger partial charge >= 0.3 is 11.9 Å². The van der Waals surface area contributed by atoms with Crippen molar-refractivity contribution in [2.24, 2.45) is 0 Å². The molecule has 0 aliphatic carbocycles. The molecule has 2 unspecified atom stereocenters. The van der Waals surface area contributed by atoms with Crippen molar-refractivity contribution in [1.82, 2.24) is 0 Å². The number of methoxy groups -OCH3 is 1. The molecule has 0 bridgehead atoms. The molecule has 0 N–H and O–H groups in total. The lowest BCUT2D eigenvalue weighted by atomic mass is 9.92. The zero-order chi connectivity index (χ0) is 13.8. The van der Waals surface area contributed by atoms with Crippen molar-refractivity contribution >= 4 is 11.9 Å².